The van der Waals surface area contributed by atoms with Crippen LogP contribution in [0.3, 0.4) is 0 Å². The van der Waals surface area contributed by atoms with Gasteiger partial charge in [0.1, 0.15) is 0 Å². The van der Waals surface area contributed by atoms with E-state index in [1.165, 1.54) is 7.05 Å². The van der Waals surface area contributed by atoms with E-state index in [0.717, 1.165) is 0 Å². The fourth-order valence-corrected chi connectivity index (χ4v) is 0. The molecule has 0 amide bonds. The lowest BCUT2D eigenvalue weighted by Gasteiger charge is -1.60. The lowest BCUT2D eigenvalue weighted by Crippen LogP contribution is -1.81. The van der Waals surface area contributed by atoms with Crippen LogP contribution in [0.4, 0.5) is 4.79 Å². The molecule has 0 unspecified atom stereocenters. The molecular weight excluding hydrogens is 86.0 g/mol. The van der Waals surface area contributed by atoms with Gasteiger partial charge in [-0.1, -0.05) is 0 Å². The molecule has 0 aromatic rings. The van der Waals surface area contributed by atoms with Crippen molar-refractivity contribution in [2.24, 2.45) is 5.73 Å². The Hall–Kier alpha value is -0.770. The minimum absolute atomic E-state index is 1.50. The minimum atomic E-state index is -1.83. The third-order valence-corrected chi connectivity index (χ3v) is 0. The van der Waals surface area contributed by atoms with Crippen LogP contribution in [0.2, 0.25) is 0 Å². The van der Waals surface area contributed by atoms with Crippen LogP contribution in [0.5, 0.6) is 0 Å². The molecule has 0 aromatic heterocycles. The highest BCUT2D eigenvalue weighted by molar-refractivity contribution is 5.53. The molecule has 4 N–H and O–H groups in total. The van der Waals surface area contributed by atoms with E-state index in [0.29, 0.717) is 0 Å². The molecule has 0 fully saturated rings. The third kappa shape index (κ3) is 27.1. The summed E-state index contributed by atoms with van der Waals surface area (Å²) in [5, 5.41) is 13.9. The normalized spacial score (nSPS) is 5.00. The van der Waals surface area contributed by atoms with Crippen LogP contribution in [0, 0.1) is 0 Å². The first-order valence-corrected chi connectivity index (χ1v) is 1.23. The summed E-state index contributed by atoms with van der Waals surface area (Å²) in [7, 11) is 1.50. The van der Waals surface area contributed by atoms with Gasteiger partial charge in [0.2, 0.25) is 0 Å². The van der Waals surface area contributed by atoms with Crippen LogP contribution in [-0.2, 0) is 0 Å². The highest BCUT2D eigenvalue weighted by Crippen LogP contribution is 1.42. The zero-order valence-electron chi connectivity index (χ0n) is 3.38. The summed E-state index contributed by atoms with van der Waals surface area (Å²) in [6.07, 6.45) is -1.83. The summed E-state index contributed by atoms with van der Waals surface area (Å²) >= 11 is 0. The quantitative estimate of drug-likeness (QED) is 0.387. The summed E-state index contributed by atoms with van der Waals surface area (Å²) < 4.78 is 0. The first-order valence-electron chi connectivity index (χ1n) is 1.23. The monoisotopic (exact) mass is 93.0 g/mol. The van der Waals surface area contributed by atoms with Gasteiger partial charge in [0, 0.05) is 0 Å². The summed E-state index contributed by atoms with van der Waals surface area (Å²) in [4.78, 5) is 8.56. The van der Waals surface area contributed by atoms with Crippen LogP contribution < -0.4 is 5.73 Å². The van der Waals surface area contributed by atoms with Gasteiger partial charge in [0.15, 0.2) is 0 Å². The van der Waals surface area contributed by atoms with Gasteiger partial charge in [-0.3, -0.25) is 0 Å². The molecule has 0 aromatic carbocycles. The lowest BCUT2D eigenvalue weighted by molar-refractivity contribution is 0.137. The van der Waals surface area contributed by atoms with Crippen LogP contribution in [0.25, 0.3) is 0 Å². The molecule has 0 bridgehead atoms. The van der Waals surface area contributed by atoms with E-state index in [4.69, 9.17) is 15.0 Å². The summed E-state index contributed by atoms with van der Waals surface area (Å²) in [6.45, 7) is 0. The second-order valence-electron chi connectivity index (χ2n) is 0.283. The van der Waals surface area contributed by atoms with Crippen molar-refractivity contribution in [2.75, 3.05) is 7.05 Å². The molecule has 6 heavy (non-hydrogen) atoms. The number of rotatable bonds is 0. The average molecular weight is 93.1 g/mol. The van der Waals surface area contributed by atoms with E-state index in [1.54, 1.807) is 0 Å². The maximum atomic E-state index is 8.56. The Labute approximate surface area is 35.2 Å². The van der Waals surface area contributed by atoms with E-state index in [2.05, 4.69) is 5.73 Å². The third-order valence-electron chi connectivity index (χ3n) is 0. The van der Waals surface area contributed by atoms with Crippen molar-refractivity contribution in [3.8, 4) is 0 Å². The van der Waals surface area contributed by atoms with E-state index >= 15 is 0 Å². The molecule has 0 heterocycles. The van der Waals surface area contributed by atoms with Crippen molar-refractivity contribution < 1.29 is 15.0 Å². The molecule has 0 aliphatic carbocycles. The van der Waals surface area contributed by atoms with Crippen molar-refractivity contribution in [2.45, 2.75) is 0 Å². The average Bonchev–Trinajstić information content (AvgIpc) is 1.41. The van der Waals surface area contributed by atoms with Crippen molar-refractivity contribution >= 4 is 6.16 Å². The minimum Gasteiger partial charge on any atom is -0.450 e. The number of hydrogen-bond donors (Lipinski definition) is 3. The van der Waals surface area contributed by atoms with Crippen molar-refractivity contribution in [3.05, 3.63) is 0 Å². The summed E-state index contributed by atoms with van der Waals surface area (Å²) in [5.41, 5.74) is 4.50. The molecule has 0 saturated carbocycles. The zero-order valence-corrected chi connectivity index (χ0v) is 3.38. The zero-order chi connectivity index (χ0) is 5.58. The Morgan fingerprint density at radius 1 is 1.50 bits per heavy atom. The number of carboxylic acid groups (broad SMARTS) is 2. The predicted molar refractivity (Wildman–Crippen MR) is 20.8 cm³/mol. The Balaban J connectivity index is 0. The van der Waals surface area contributed by atoms with Crippen molar-refractivity contribution in [1.29, 1.82) is 0 Å². The molecule has 0 radical (unpaired) electrons. The Bertz CT molecular complexity index is 31.8. The maximum Gasteiger partial charge on any atom is 0.503 e. The first kappa shape index (κ1) is 8.97. The Morgan fingerprint density at radius 2 is 1.50 bits per heavy atom. The fourth-order valence-electron chi connectivity index (χ4n) is 0. The second kappa shape index (κ2) is 8.87. The predicted octanol–water partition coefficient (Wildman–Crippen LogP) is -0.203. The molecular formula is C2H7NO3. The van der Waals surface area contributed by atoms with Crippen molar-refractivity contribution in [3.63, 3.8) is 0 Å². The van der Waals surface area contributed by atoms with Crippen LogP contribution >= 0.6 is 0 Å². The molecule has 4 heteroatoms. The SMILES string of the molecule is CN.O=C(O)O. The fraction of sp³-hybridized carbons (Fsp3) is 0.500. The van der Waals surface area contributed by atoms with E-state index in [1.807, 2.05) is 0 Å². The Morgan fingerprint density at radius 3 is 1.50 bits per heavy atom. The molecule has 0 saturated heterocycles. The molecule has 0 rings (SSSR count). The Kier molecular flexibility index (Phi) is 13.3. The molecule has 0 aliphatic heterocycles. The van der Waals surface area contributed by atoms with Gasteiger partial charge in [-0.2, -0.15) is 0 Å². The number of carbonyl (C=O) groups is 1. The first-order chi connectivity index (χ1) is 2.73. The molecule has 4 nitrogen and oxygen atoms in total. The topological polar surface area (TPSA) is 83.6 Å². The van der Waals surface area contributed by atoms with Gasteiger partial charge in [0.25, 0.3) is 0 Å². The van der Waals surface area contributed by atoms with Gasteiger partial charge in [-0.15, -0.1) is 0 Å². The van der Waals surface area contributed by atoms with Crippen LogP contribution in [0.15, 0.2) is 0 Å². The van der Waals surface area contributed by atoms with Gasteiger partial charge < -0.3 is 15.9 Å². The molecule has 0 atom stereocenters. The van der Waals surface area contributed by atoms with Gasteiger partial charge in [0.05, 0.1) is 0 Å². The molecule has 38 valence electrons. The van der Waals surface area contributed by atoms with Crippen LogP contribution in [-0.4, -0.2) is 23.4 Å². The highest BCUT2D eigenvalue weighted by Gasteiger charge is 1.70. The van der Waals surface area contributed by atoms with Gasteiger partial charge in [-0.25, -0.2) is 4.79 Å². The maximum absolute atomic E-state index is 8.56. The number of nitrogens with two attached hydrogens (primary N) is 1. The highest BCUT2D eigenvalue weighted by atomic mass is 16.6. The van der Waals surface area contributed by atoms with E-state index < -0.39 is 6.16 Å². The summed E-state index contributed by atoms with van der Waals surface area (Å²) in [5.74, 6) is 0. The second-order valence-corrected chi connectivity index (χ2v) is 0.283. The van der Waals surface area contributed by atoms with Crippen molar-refractivity contribution in [1.82, 2.24) is 0 Å². The number of hydrogen-bond acceptors (Lipinski definition) is 2. The lowest BCUT2D eigenvalue weighted by atomic mass is 11.5. The smallest absolute Gasteiger partial charge is 0.450 e. The van der Waals surface area contributed by atoms with Gasteiger partial charge >= 0.3 is 6.16 Å². The van der Waals surface area contributed by atoms with E-state index in [-0.39, 0.29) is 0 Å². The van der Waals surface area contributed by atoms with Gasteiger partial charge in [-0.05, 0) is 7.05 Å². The van der Waals surface area contributed by atoms with E-state index in [9.17, 15) is 0 Å². The largest absolute Gasteiger partial charge is 0.503 e. The summed E-state index contributed by atoms with van der Waals surface area (Å²) in [6, 6.07) is 0. The standard InChI is InChI=1S/CH5N.CH2O3/c1-2;2-1(3)4/h2H2,1H3;(H2,2,3,4). The van der Waals surface area contributed by atoms with Crippen LogP contribution in [0.1, 0.15) is 0 Å². The molecule has 0 spiro atoms. The molecule has 0 aliphatic rings.